The number of rotatable bonds is 9. The number of carbonyl (C=O) groups excluding carboxylic acids is 2. The SMILES string of the molecule is NC(=O)CCN(Cc1ccccc1)C(=O)COc1ccc([N+](=O)[O-])cc1F. The maximum Gasteiger partial charge on any atom is 0.272 e. The number of nitrogens with two attached hydrogens (primary N) is 1. The number of nitro groups is 1. The molecule has 0 unspecified atom stereocenters. The number of nitrogens with zero attached hydrogens (tertiary/aromatic N) is 2. The third kappa shape index (κ3) is 6.07. The molecule has 0 fully saturated rings. The Labute approximate surface area is 154 Å². The second-order valence-corrected chi connectivity index (χ2v) is 5.68. The van der Waals surface area contributed by atoms with Crippen molar-refractivity contribution in [2.24, 2.45) is 5.73 Å². The van der Waals surface area contributed by atoms with Crippen LogP contribution in [0.2, 0.25) is 0 Å². The Hall–Kier alpha value is -3.49. The van der Waals surface area contributed by atoms with E-state index in [1.807, 2.05) is 30.3 Å². The first-order chi connectivity index (χ1) is 12.9. The van der Waals surface area contributed by atoms with Crippen LogP contribution >= 0.6 is 0 Å². The molecule has 2 N–H and O–H groups in total. The Morgan fingerprint density at radius 2 is 1.89 bits per heavy atom. The van der Waals surface area contributed by atoms with Gasteiger partial charge < -0.3 is 15.4 Å². The minimum atomic E-state index is -0.941. The molecular weight excluding hydrogens is 357 g/mol. The van der Waals surface area contributed by atoms with Gasteiger partial charge in [-0.2, -0.15) is 0 Å². The number of benzene rings is 2. The van der Waals surface area contributed by atoms with Gasteiger partial charge in [-0.1, -0.05) is 30.3 Å². The fourth-order valence-electron chi connectivity index (χ4n) is 2.29. The van der Waals surface area contributed by atoms with E-state index >= 15 is 0 Å². The van der Waals surface area contributed by atoms with E-state index in [4.69, 9.17) is 10.5 Å². The van der Waals surface area contributed by atoms with Gasteiger partial charge in [0.2, 0.25) is 5.91 Å². The van der Waals surface area contributed by atoms with Gasteiger partial charge in [0.15, 0.2) is 18.2 Å². The molecule has 0 bridgehead atoms. The van der Waals surface area contributed by atoms with Crippen LogP contribution in [-0.2, 0) is 16.1 Å². The molecule has 0 aliphatic heterocycles. The molecule has 9 heteroatoms. The molecule has 2 aromatic rings. The third-order valence-electron chi connectivity index (χ3n) is 3.67. The van der Waals surface area contributed by atoms with Crippen LogP contribution in [0.4, 0.5) is 10.1 Å². The summed E-state index contributed by atoms with van der Waals surface area (Å²) in [5.41, 5.74) is 5.57. The van der Waals surface area contributed by atoms with E-state index in [0.29, 0.717) is 6.07 Å². The van der Waals surface area contributed by atoms with Crippen molar-refractivity contribution in [2.45, 2.75) is 13.0 Å². The van der Waals surface area contributed by atoms with Crippen molar-refractivity contribution in [1.29, 1.82) is 0 Å². The zero-order valence-electron chi connectivity index (χ0n) is 14.3. The predicted molar refractivity (Wildman–Crippen MR) is 94.2 cm³/mol. The predicted octanol–water partition coefficient (Wildman–Crippen LogP) is 2.02. The number of primary amides is 1. The summed E-state index contributed by atoms with van der Waals surface area (Å²) in [6, 6.07) is 12.0. The lowest BCUT2D eigenvalue weighted by Gasteiger charge is -2.22. The molecule has 142 valence electrons. The lowest BCUT2D eigenvalue weighted by atomic mass is 10.2. The monoisotopic (exact) mass is 375 g/mol. The summed E-state index contributed by atoms with van der Waals surface area (Å²) in [7, 11) is 0. The quantitative estimate of drug-likeness (QED) is 0.532. The van der Waals surface area contributed by atoms with Gasteiger partial charge in [-0.05, 0) is 11.6 Å². The van der Waals surface area contributed by atoms with E-state index in [2.05, 4.69) is 0 Å². The second kappa shape index (κ2) is 9.27. The zero-order chi connectivity index (χ0) is 19.8. The molecule has 2 rings (SSSR count). The van der Waals surface area contributed by atoms with Crippen LogP contribution in [0.15, 0.2) is 48.5 Å². The molecule has 0 radical (unpaired) electrons. The van der Waals surface area contributed by atoms with Gasteiger partial charge in [-0.15, -0.1) is 0 Å². The number of ether oxygens (including phenoxy) is 1. The standard InChI is InChI=1S/C18H18FN3O5/c19-15-10-14(22(25)26)6-7-16(15)27-12-18(24)21(9-8-17(20)23)11-13-4-2-1-3-5-13/h1-7,10H,8-9,11-12H2,(H2,20,23). The Balaban J connectivity index is 2.04. The third-order valence-corrected chi connectivity index (χ3v) is 3.67. The number of non-ortho nitro benzene ring substituents is 1. The molecule has 0 heterocycles. The first-order valence-corrected chi connectivity index (χ1v) is 8.03. The van der Waals surface area contributed by atoms with Crippen molar-refractivity contribution in [3.05, 3.63) is 70.0 Å². The highest BCUT2D eigenvalue weighted by Gasteiger charge is 2.18. The van der Waals surface area contributed by atoms with Gasteiger partial charge in [-0.3, -0.25) is 19.7 Å². The number of nitro benzene ring substituents is 1. The van der Waals surface area contributed by atoms with Gasteiger partial charge in [0, 0.05) is 25.6 Å². The average molecular weight is 375 g/mol. The maximum absolute atomic E-state index is 13.8. The van der Waals surface area contributed by atoms with Gasteiger partial charge in [0.1, 0.15) is 0 Å². The van der Waals surface area contributed by atoms with Gasteiger partial charge >= 0.3 is 0 Å². The van der Waals surface area contributed by atoms with E-state index in [1.54, 1.807) is 0 Å². The van der Waals surface area contributed by atoms with Crippen molar-refractivity contribution in [3.63, 3.8) is 0 Å². The molecule has 0 saturated heterocycles. The average Bonchev–Trinajstić information content (AvgIpc) is 2.64. The van der Waals surface area contributed by atoms with Crippen LogP contribution in [0.5, 0.6) is 5.75 Å². The molecule has 0 saturated carbocycles. The summed E-state index contributed by atoms with van der Waals surface area (Å²) >= 11 is 0. The number of hydrogen-bond donors (Lipinski definition) is 1. The summed E-state index contributed by atoms with van der Waals surface area (Å²) in [4.78, 5) is 34.7. The number of amides is 2. The van der Waals surface area contributed by atoms with Crippen molar-refractivity contribution in [3.8, 4) is 5.75 Å². The Morgan fingerprint density at radius 1 is 1.19 bits per heavy atom. The summed E-state index contributed by atoms with van der Waals surface area (Å²) in [5.74, 6) is -2.24. The highest BCUT2D eigenvalue weighted by molar-refractivity contribution is 5.79. The highest BCUT2D eigenvalue weighted by atomic mass is 19.1. The molecule has 0 atom stereocenters. The number of carbonyl (C=O) groups is 2. The molecule has 27 heavy (non-hydrogen) atoms. The molecule has 0 aliphatic carbocycles. The topological polar surface area (TPSA) is 116 Å². The number of halogens is 1. The van der Waals surface area contributed by atoms with Gasteiger partial charge in [0.05, 0.1) is 11.0 Å². The summed E-state index contributed by atoms with van der Waals surface area (Å²) in [6.07, 6.45) is -0.0233. The van der Waals surface area contributed by atoms with Crippen LogP contribution in [0.3, 0.4) is 0 Å². The number of hydrogen-bond acceptors (Lipinski definition) is 5. The molecule has 0 aromatic heterocycles. The fraction of sp³-hybridized carbons (Fsp3) is 0.222. The fourth-order valence-corrected chi connectivity index (χ4v) is 2.29. The molecular formula is C18H18FN3O5. The van der Waals surface area contributed by atoms with Crippen molar-refractivity contribution in [2.75, 3.05) is 13.2 Å². The van der Waals surface area contributed by atoms with E-state index in [-0.39, 0.29) is 25.3 Å². The lowest BCUT2D eigenvalue weighted by Crippen LogP contribution is -2.36. The van der Waals surface area contributed by atoms with Crippen LogP contribution in [0.25, 0.3) is 0 Å². The highest BCUT2D eigenvalue weighted by Crippen LogP contribution is 2.22. The molecule has 2 amide bonds. The largest absolute Gasteiger partial charge is 0.481 e. The second-order valence-electron chi connectivity index (χ2n) is 5.68. The molecule has 0 aliphatic rings. The van der Waals surface area contributed by atoms with Gasteiger partial charge in [0.25, 0.3) is 11.6 Å². The Kier molecular flexibility index (Phi) is 6.81. The first-order valence-electron chi connectivity index (χ1n) is 8.03. The van der Waals surface area contributed by atoms with Crippen molar-refractivity contribution >= 4 is 17.5 Å². The molecule has 8 nitrogen and oxygen atoms in total. The summed E-state index contributed by atoms with van der Waals surface area (Å²) < 4.78 is 19.0. The Morgan fingerprint density at radius 3 is 2.48 bits per heavy atom. The zero-order valence-corrected chi connectivity index (χ0v) is 14.3. The maximum atomic E-state index is 13.8. The van der Waals surface area contributed by atoms with Crippen molar-refractivity contribution in [1.82, 2.24) is 4.90 Å². The van der Waals surface area contributed by atoms with Crippen LogP contribution in [-0.4, -0.2) is 34.8 Å². The van der Waals surface area contributed by atoms with E-state index in [0.717, 1.165) is 17.7 Å². The molecule has 2 aromatic carbocycles. The first kappa shape index (κ1) is 19.8. The smallest absolute Gasteiger partial charge is 0.272 e. The van der Waals surface area contributed by atoms with E-state index in [1.165, 1.54) is 4.90 Å². The van der Waals surface area contributed by atoms with E-state index in [9.17, 15) is 24.1 Å². The lowest BCUT2D eigenvalue weighted by molar-refractivity contribution is -0.385. The van der Waals surface area contributed by atoms with Crippen LogP contribution in [0, 0.1) is 15.9 Å². The minimum absolute atomic E-state index is 0.0233. The normalized spacial score (nSPS) is 10.3. The van der Waals surface area contributed by atoms with Crippen LogP contribution in [0.1, 0.15) is 12.0 Å². The summed E-state index contributed by atoms with van der Waals surface area (Å²) in [6.45, 7) is -0.158. The van der Waals surface area contributed by atoms with Crippen LogP contribution < -0.4 is 10.5 Å². The van der Waals surface area contributed by atoms with Crippen molar-refractivity contribution < 1.29 is 23.6 Å². The summed E-state index contributed by atoms with van der Waals surface area (Å²) in [5, 5.41) is 10.6. The Bertz CT molecular complexity index is 829. The molecule has 0 spiro atoms. The van der Waals surface area contributed by atoms with E-state index < -0.39 is 34.8 Å². The van der Waals surface area contributed by atoms with Gasteiger partial charge in [-0.25, -0.2) is 4.39 Å². The minimum Gasteiger partial charge on any atom is -0.481 e.